The maximum Gasteiger partial charge on any atom is 0.259 e. The second kappa shape index (κ2) is 16.2. The number of anilines is 2. The molecule has 55 heavy (non-hydrogen) atoms. The number of carbonyl (C=O) groups is 2. The summed E-state index contributed by atoms with van der Waals surface area (Å²) in [6, 6.07) is 30.7. The molecule has 0 heterocycles. The minimum Gasteiger partial charge on any atom is -0.544 e. The van der Waals surface area contributed by atoms with Crippen LogP contribution in [0, 0.1) is 0 Å². The molecule has 2 amide bonds. The van der Waals surface area contributed by atoms with Crippen molar-refractivity contribution in [3.8, 4) is 17.2 Å². The molecule has 0 bridgehead atoms. The lowest BCUT2D eigenvalue weighted by atomic mass is 10.0. The molecular formula is C45H64N2O5Si3. The first kappa shape index (κ1) is 43.6. The van der Waals surface area contributed by atoms with Gasteiger partial charge < -0.3 is 18.6 Å². The summed E-state index contributed by atoms with van der Waals surface area (Å²) >= 11 is 0. The largest absolute Gasteiger partial charge is 0.544 e. The molecule has 296 valence electrons. The van der Waals surface area contributed by atoms with Gasteiger partial charge in [0.15, 0.2) is 0 Å². The van der Waals surface area contributed by atoms with Crippen molar-refractivity contribution < 1.29 is 22.9 Å². The molecular weight excluding hydrogens is 733 g/mol. The van der Waals surface area contributed by atoms with Gasteiger partial charge in [0, 0.05) is 16.9 Å². The van der Waals surface area contributed by atoms with Crippen molar-refractivity contribution >= 4 is 48.1 Å². The number of amides is 2. The highest BCUT2D eigenvalue weighted by Crippen LogP contribution is 2.41. The molecule has 7 nitrogen and oxygen atoms in total. The van der Waals surface area contributed by atoms with Crippen LogP contribution in [0.4, 0.5) is 11.4 Å². The number of rotatable bonds is 12. The van der Waals surface area contributed by atoms with Gasteiger partial charge >= 0.3 is 0 Å². The van der Waals surface area contributed by atoms with Crippen molar-refractivity contribution in [2.75, 3.05) is 10.2 Å². The van der Waals surface area contributed by atoms with Crippen molar-refractivity contribution in [1.29, 1.82) is 0 Å². The molecule has 0 saturated heterocycles. The number of nitrogens with zero attached hydrogens (tertiary/aromatic N) is 1. The lowest BCUT2D eigenvalue weighted by molar-refractivity contribution is -0.117. The fourth-order valence-electron chi connectivity index (χ4n) is 5.08. The van der Waals surface area contributed by atoms with E-state index in [-0.39, 0.29) is 26.9 Å². The summed E-state index contributed by atoms with van der Waals surface area (Å²) in [5.74, 6) is 1.55. The molecule has 4 aromatic carbocycles. The molecule has 0 aliphatic carbocycles. The molecule has 4 rings (SSSR count). The number of hydrogen-bond acceptors (Lipinski definition) is 5. The van der Waals surface area contributed by atoms with Crippen LogP contribution in [0.1, 0.15) is 84.3 Å². The van der Waals surface area contributed by atoms with Gasteiger partial charge in [-0.05, 0) is 133 Å². The quantitative estimate of drug-likeness (QED) is 0.145. The summed E-state index contributed by atoms with van der Waals surface area (Å²) in [6.45, 7) is 33.0. The van der Waals surface area contributed by atoms with Crippen LogP contribution in [-0.2, 0) is 4.79 Å². The summed E-state index contributed by atoms with van der Waals surface area (Å²) in [4.78, 5) is 31.1. The number of benzene rings is 4. The Bertz CT molecular complexity index is 1910. The first-order valence-electron chi connectivity index (χ1n) is 19.3. The summed E-state index contributed by atoms with van der Waals surface area (Å²) in [6.07, 6.45) is 0. The summed E-state index contributed by atoms with van der Waals surface area (Å²) in [5.41, 5.74) is 2.28. The fourth-order valence-corrected chi connectivity index (χ4v) is 8.17. The van der Waals surface area contributed by atoms with Crippen LogP contribution in [0.5, 0.6) is 17.2 Å². The molecule has 0 spiro atoms. The molecule has 0 unspecified atom stereocenters. The monoisotopic (exact) mass is 796 g/mol. The molecule has 4 aromatic rings. The van der Waals surface area contributed by atoms with Crippen LogP contribution in [0.2, 0.25) is 54.4 Å². The van der Waals surface area contributed by atoms with E-state index in [0.29, 0.717) is 22.5 Å². The van der Waals surface area contributed by atoms with Crippen molar-refractivity contribution in [2.45, 2.75) is 123 Å². The van der Waals surface area contributed by atoms with Crippen molar-refractivity contribution in [2.24, 2.45) is 0 Å². The van der Waals surface area contributed by atoms with Crippen LogP contribution in [0.15, 0.2) is 103 Å². The summed E-state index contributed by atoms with van der Waals surface area (Å²) in [7, 11) is -6.27. The maximum atomic E-state index is 14.9. The highest BCUT2D eigenvalue weighted by atomic mass is 28.4. The molecule has 1 atom stereocenters. The second-order valence-corrected chi connectivity index (χ2v) is 33.3. The number of carbonyl (C=O) groups excluding carboxylic acids is 2. The molecule has 1 N–H and O–H groups in total. The van der Waals surface area contributed by atoms with Crippen LogP contribution in [-0.4, -0.2) is 36.8 Å². The first-order chi connectivity index (χ1) is 25.2. The van der Waals surface area contributed by atoms with Crippen molar-refractivity contribution in [3.05, 3.63) is 114 Å². The predicted octanol–water partition coefficient (Wildman–Crippen LogP) is 12.9. The van der Waals surface area contributed by atoms with Crippen LogP contribution < -0.4 is 23.5 Å². The number of hydrogen-bond donors (Lipinski definition) is 1. The average molecular weight is 797 g/mol. The van der Waals surface area contributed by atoms with Gasteiger partial charge in [-0.25, -0.2) is 0 Å². The van der Waals surface area contributed by atoms with Gasteiger partial charge in [-0.15, -0.1) is 0 Å². The second-order valence-electron chi connectivity index (χ2n) is 19.1. The lowest BCUT2D eigenvalue weighted by Crippen LogP contribution is -2.44. The van der Waals surface area contributed by atoms with Crippen molar-refractivity contribution in [3.63, 3.8) is 0 Å². The minimum absolute atomic E-state index is 0.0136. The molecule has 0 aliphatic heterocycles. The van der Waals surface area contributed by atoms with E-state index in [1.807, 2.05) is 91.0 Å². The lowest BCUT2D eigenvalue weighted by Gasteiger charge is -2.37. The van der Waals surface area contributed by atoms with E-state index in [2.05, 4.69) is 107 Å². The zero-order valence-electron chi connectivity index (χ0n) is 35.9. The van der Waals surface area contributed by atoms with Gasteiger partial charge in [-0.3, -0.25) is 14.5 Å². The zero-order chi connectivity index (χ0) is 41.2. The normalized spacial score (nSPS) is 13.4. The zero-order valence-corrected chi connectivity index (χ0v) is 38.9. The van der Waals surface area contributed by atoms with Gasteiger partial charge in [0.2, 0.25) is 25.0 Å². The Labute approximate surface area is 334 Å². The Morgan fingerprint density at radius 1 is 0.527 bits per heavy atom. The topological polar surface area (TPSA) is 77.1 Å². The van der Waals surface area contributed by atoms with Crippen LogP contribution >= 0.6 is 0 Å². The molecule has 0 saturated carbocycles. The minimum atomic E-state index is -2.12. The van der Waals surface area contributed by atoms with E-state index >= 15 is 0 Å². The van der Waals surface area contributed by atoms with Crippen molar-refractivity contribution in [1.82, 2.24) is 0 Å². The molecule has 10 heteroatoms. The Morgan fingerprint density at radius 2 is 0.891 bits per heavy atom. The van der Waals surface area contributed by atoms with E-state index in [1.165, 1.54) is 0 Å². The fraction of sp³-hybridized carbons (Fsp3) is 0.422. The van der Waals surface area contributed by atoms with Crippen LogP contribution in [0.25, 0.3) is 0 Å². The summed E-state index contributed by atoms with van der Waals surface area (Å²) in [5, 5.41) is 3.20. The van der Waals surface area contributed by atoms with E-state index < -0.39 is 31.0 Å². The molecule has 0 fully saturated rings. The molecule has 0 aromatic heterocycles. The van der Waals surface area contributed by atoms with Gasteiger partial charge in [0.1, 0.15) is 23.3 Å². The average Bonchev–Trinajstić information content (AvgIpc) is 3.07. The van der Waals surface area contributed by atoms with E-state index in [0.717, 1.165) is 17.2 Å². The Balaban J connectivity index is 1.76. The Hall–Kier alpha value is -4.13. The van der Waals surface area contributed by atoms with E-state index in [4.69, 9.17) is 13.3 Å². The van der Waals surface area contributed by atoms with E-state index in [1.54, 1.807) is 17.0 Å². The van der Waals surface area contributed by atoms with E-state index in [9.17, 15) is 9.59 Å². The Kier molecular flexibility index (Phi) is 12.8. The third-order valence-corrected chi connectivity index (χ3v) is 24.8. The van der Waals surface area contributed by atoms with Gasteiger partial charge in [-0.1, -0.05) is 92.6 Å². The summed E-state index contributed by atoms with van der Waals surface area (Å²) < 4.78 is 19.6. The predicted molar refractivity (Wildman–Crippen MR) is 237 cm³/mol. The third kappa shape index (κ3) is 10.6. The maximum absolute atomic E-state index is 14.9. The standard InChI is InChI=1S/C45H64N2O5Si3/c1-43(2,3)53(10,11)50-37-27-21-34(22-28-37)42(49)47(36-25-31-39(32-26-36)52-55(14,15)45(7,8)9)40(33-19-17-16-18-20-33)41(48)46-35-23-29-38(30-24-35)51-54(12,13)44(4,5)6/h16-32,40H,1-15H3,(H,46,48)/t40-/m0/s1. The van der Waals surface area contributed by atoms with Crippen LogP contribution in [0.3, 0.4) is 0 Å². The highest BCUT2D eigenvalue weighted by Gasteiger charge is 2.41. The smallest absolute Gasteiger partial charge is 0.259 e. The number of nitrogens with one attached hydrogen (secondary N) is 1. The Morgan fingerprint density at radius 3 is 1.27 bits per heavy atom. The molecule has 0 aliphatic rings. The first-order valence-corrected chi connectivity index (χ1v) is 28.0. The molecule has 0 radical (unpaired) electrons. The highest BCUT2D eigenvalue weighted by molar-refractivity contribution is 6.75. The van der Waals surface area contributed by atoms with Gasteiger partial charge in [0.25, 0.3) is 11.8 Å². The SMILES string of the molecule is CC(C)(C)[Si](C)(C)Oc1ccc(NC(=O)[C@H](c2ccccc2)N(C(=O)c2ccc(O[Si](C)(C)C(C)(C)C)cc2)c2ccc(O[Si](C)(C)C(C)(C)C)cc2)cc1. The third-order valence-electron chi connectivity index (χ3n) is 11.7. The van der Waals surface area contributed by atoms with Gasteiger partial charge in [-0.2, -0.15) is 0 Å². The van der Waals surface area contributed by atoms with Gasteiger partial charge in [0.05, 0.1) is 0 Å².